The summed E-state index contributed by atoms with van der Waals surface area (Å²) in [5.41, 5.74) is 3.76. The van der Waals surface area contributed by atoms with Gasteiger partial charge in [-0.25, -0.2) is 0 Å². The van der Waals surface area contributed by atoms with Gasteiger partial charge in [-0.05, 0) is 37.2 Å². The van der Waals surface area contributed by atoms with Crippen LogP contribution < -0.4 is 5.32 Å². The first-order valence-electron chi connectivity index (χ1n) is 8.91. The lowest BCUT2D eigenvalue weighted by Gasteiger charge is -2.32. The van der Waals surface area contributed by atoms with Gasteiger partial charge >= 0.3 is 0 Å². The molecule has 1 N–H and O–H groups in total. The van der Waals surface area contributed by atoms with E-state index in [4.69, 9.17) is 0 Å². The zero-order valence-corrected chi connectivity index (χ0v) is 15.1. The van der Waals surface area contributed by atoms with Crippen LogP contribution in [0.3, 0.4) is 0 Å². The second-order valence-electron chi connectivity index (χ2n) is 6.95. The molecular weight excluding hydrogens is 310 g/mol. The van der Waals surface area contributed by atoms with Crippen molar-refractivity contribution in [2.45, 2.75) is 25.6 Å². The Morgan fingerprint density at radius 2 is 1.68 bits per heavy atom. The summed E-state index contributed by atoms with van der Waals surface area (Å²) >= 11 is 0. The van der Waals surface area contributed by atoms with Gasteiger partial charge in [0.15, 0.2) is 0 Å². The zero-order chi connectivity index (χ0) is 17.6. The topological polar surface area (TPSA) is 35.6 Å². The highest BCUT2D eigenvalue weighted by atomic mass is 16.2. The fourth-order valence-corrected chi connectivity index (χ4v) is 3.24. The van der Waals surface area contributed by atoms with Crippen LogP contribution in [0.4, 0.5) is 0 Å². The molecule has 1 atom stereocenters. The molecule has 1 amide bonds. The smallest absolute Gasteiger partial charge is 0.240 e. The number of likely N-dealkylation sites (N-methyl/N-ethyl adjacent to an activating group) is 1. The molecule has 25 heavy (non-hydrogen) atoms. The van der Waals surface area contributed by atoms with Crippen molar-refractivity contribution < 1.29 is 4.79 Å². The third-order valence-electron chi connectivity index (χ3n) is 4.72. The molecule has 0 spiro atoms. The van der Waals surface area contributed by atoms with E-state index < -0.39 is 0 Å². The fourth-order valence-electron chi connectivity index (χ4n) is 3.24. The van der Waals surface area contributed by atoms with Gasteiger partial charge in [0.2, 0.25) is 5.91 Å². The second-order valence-corrected chi connectivity index (χ2v) is 6.95. The minimum absolute atomic E-state index is 0.138. The summed E-state index contributed by atoms with van der Waals surface area (Å²) in [7, 11) is 4.08. The van der Waals surface area contributed by atoms with Gasteiger partial charge in [-0.15, -0.1) is 0 Å². The third-order valence-corrected chi connectivity index (χ3v) is 4.72. The van der Waals surface area contributed by atoms with Crippen LogP contribution in [0.15, 0.2) is 54.6 Å². The van der Waals surface area contributed by atoms with E-state index in [0.717, 1.165) is 26.1 Å². The molecule has 4 heteroatoms. The van der Waals surface area contributed by atoms with Crippen LogP contribution in [0.5, 0.6) is 0 Å². The largest absolute Gasteiger partial charge is 0.336 e. The minimum atomic E-state index is -0.138. The fraction of sp³-hybridized carbons (Fsp3) is 0.381. The summed E-state index contributed by atoms with van der Waals surface area (Å²) in [6.45, 7) is 3.02. The summed E-state index contributed by atoms with van der Waals surface area (Å²) in [6.07, 6.45) is 0.766. The van der Waals surface area contributed by atoms with Crippen molar-refractivity contribution >= 4 is 5.91 Å². The predicted molar refractivity (Wildman–Crippen MR) is 101 cm³/mol. The monoisotopic (exact) mass is 337 g/mol. The van der Waals surface area contributed by atoms with Gasteiger partial charge in [-0.3, -0.25) is 4.79 Å². The number of benzene rings is 2. The number of carbonyl (C=O) groups is 1. The van der Waals surface area contributed by atoms with Crippen LogP contribution in [-0.2, 0) is 24.3 Å². The van der Waals surface area contributed by atoms with Crippen LogP contribution >= 0.6 is 0 Å². The number of rotatable bonds is 6. The molecule has 132 valence electrons. The highest BCUT2D eigenvalue weighted by Gasteiger charge is 2.27. The molecule has 0 fully saturated rings. The summed E-state index contributed by atoms with van der Waals surface area (Å²) < 4.78 is 0. The van der Waals surface area contributed by atoms with Gasteiger partial charge in [-0.1, -0.05) is 54.6 Å². The maximum atomic E-state index is 13.2. The second kappa shape index (κ2) is 8.28. The molecule has 0 aliphatic carbocycles. The Labute approximate surface area is 150 Å². The molecule has 1 aliphatic heterocycles. The molecule has 0 radical (unpaired) electrons. The van der Waals surface area contributed by atoms with Crippen molar-refractivity contribution in [3.8, 4) is 0 Å². The third kappa shape index (κ3) is 4.68. The molecule has 1 aliphatic rings. The Bertz CT molecular complexity index is 699. The molecule has 2 aromatic rings. The lowest BCUT2D eigenvalue weighted by atomic mass is 9.95. The Balaban J connectivity index is 1.72. The first-order chi connectivity index (χ1) is 12.1. The summed E-state index contributed by atoms with van der Waals surface area (Å²) in [5.74, 6) is 0.195. The molecule has 1 heterocycles. The lowest BCUT2D eigenvalue weighted by Crippen LogP contribution is -2.50. The van der Waals surface area contributed by atoms with Crippen LogP contribution in [0.25, 0.3) is 0 Å². The Morgan fingerprint density at radius 1 is 1.00 bits per heavy atom. The zero-order valence-electron chi connectivity index (χ0n) is 15.1. The standard InChI is InChI=1S/C21H27N3O/c1-23(2)12-13-24(16-17-8-4-3-5-9-17)21(25)20-14-18-10-6-7-11-19(18)15-22-20/h3-11,20,22H,12-16H2,1-2H3/t20-/m0/s1. The Kier molecular flexibility index (Phi) is 5.84. The SMILES string of the molecule is CN(C)CCN(Cc1ccccc1)C(=O)[C@@H]1Cc2ccccc2CN1. The van der Waals surface area contributed by atoms with Gasteiger partial charge in [0.05, 0.1) is 6.04 Å². The summed E-state index contributed by atoms with van der Waals surface area (Å²) in [5, 5.41) is 3.42. The first kappa shape index (κ1) is 17.6. The molecule has 3 rings (SSSR count). The number of nitrogens with zero attached hydrogens (tertiary/aromatic N) is 2. The van der Waals surface area contributed by atoms with E-state index in [2.05, 4.69) is 46.6 Å². The molecule has 0 aromatic heterocycles. The van der Waals surface area contributed by atoms with Crippen molar-refractivity contribution in [3.05, 3.63) is 71.3 Å². The van der Waals surface area contributed by atoms with Gasteiger partial charge in [-0.2, -0.15) is 0 Å². The van der Waals surface area contributed by atoms with Crippen LogP contribution in [-0.4, -0.2) is 48.9 Å². The number of hydrogen-bond acceptors (Lipinski definition) is 3. The maximum Gasteiger partial charge on any atom is 0.240 e. The van der Waals surface area contributed by atoms with E-state index in [1.54, 1.807) is 0 Å². The predicted octanol–water partition coefficient (Wildman–Crippen LogP) is 2.29. The van der Waals surface area contributed by atoms with Gasteiger partial charge in [0.25, 0.3) is 0 Å². The van der Waals surface area contributed by atoms with Crippen molar-refractivity contribution in [3.63, 3.8) is 0 Å². The first-order valence-corrected chi connectivity index (χ1v) is 8.91. The van der Waals surface area contributed by atoms with Crippen molar-refractivity contribution in [1.29, 1.82) is 0 Å². The average molecular weight is 337 g/mol. The maximum absolute atomic E-state index is 13.2. The summed E-state index contributed by atoms with van der Waals surface area (Å²) in [6, 6.07) is 18.5. The van der Waals surface area contributed by atoms with Crippen molar-refractivity contribution in [2.75, 3.05) is 27.2 Å². The average Bonchev–Trinajstić information content (AvgIpc) is 2.65. The molecule has 0 unspecified atom stereocenters. The molecule has 0 bridgehead atoms. The Morgan fingerprint density at radius 3 is 2.40 bits per heavy atom. The number of carbonyl (C=O) groups excluding carboxylic acids is 1. The van der Waals surface area contributed by atoms with E-state index >= 15 is 0 Å². The highest BCUT2D eigenvalue weighted by molar-refractivity contribution is 5.82. The Hall–Kier alpha value is -2.17. The number of hydrogen-bond donors (Lipinski definition) is 1. The molecule has 4 nitrogen and oxygen atoms in total. The van der Waals surface area contributed by atoms with Crippen LogP contribution in [0, 0.1) is 0 Å². The lowest BCUT2D eigenvalue weighted by molar-refractivity contribution is -0.134. The number of amides is 1. The van der Waals surface area contributed by atoms with E-state index in [1.807, 2.05) is 37.2 Å². The quantitative estimate of drug-likeness (QED) is 0.878. The van der Waals surface area contributed by atoms with Gasteiger partial charge < -0.3 is 15.1 Å². The summed E-state index contributed by atoms with van der Waals surface area (Å²) in [4.78, 5) is 17.3. The van der Waals surface area contributed by atoms with Crippen molar-refractivity contribution in [2.24, 2.45) is 0 Å². The van der Waals surface area contributed by atoms with Crippen LogP contribution in [0.1, 0.15) is 16.7 Å². The van der Waals surface area contributed by atoms with Gasteiger partial charge in [0, 0.05) is 26.2 Å². The van der Waals surface area contributed by atoms with E-state index in [1.165, 1.54) is 16.7 Å². The molecular formula is C21H27N3O. The van der Waals surface area contributed by atoms with Crippen LogP contribution in [0.2, 0.25) is 0 Å². The molecule has 2 aromatic carbocycles. The molecule has 0 saturated carbocycles. The minimum Gasteiger partial charge on any atom is -0.336 e. The van der Waals surface area contributed by atoms with Gasteiger partial charge in [0.1, 0.15) is 0 Å². The van der Waals surface area contributed by atoms with Crippen molar-refractivity contribution in [1.82, 2.24) is 15.1 Å². The highest BCUT2D eigenvalue weighted by Crippen LogP contribution is 2.18. The molecule has 0 saturated heterocycles. The number of fused-ring (bicyclic) bond motifs is 1. The normalized spacial score (nSPS) is 16.5. The van der Waals surface area contributed by atoms with E-state index in [0.29, 0.717) is 6.54 Å². The van der Waals surface area contributed by atoms with E-state index in [-0.39, 0.29) is 11.9 Å². The van der Waals surface area contributed by atoms with E-state index in [9.17, 15) is 4.79 Å². The number of nitrogens with one attached hydrogen (secondary N) is 1.